The first-order chi connectivity index (χ1) is 11.5. The third kappa shape index (κ3) is 3.98. The van der Waals surface area contributed by atoms with Crippen molar-refractivity contribution in [2.45, 2.75) is 20.4 Å². The summed E-state index contributed by atoms with van der Waals surface area (Å²) in [6.07, 6.45) is 0. The summed E-state index contributed by atoms with van der Waals surface area (Å²) in [5.74, 6) is 1.83. The van der Waals surface area contributed by atoms with Crippen molar-refractivity contribution in [1.29, 1.82) is 0 Å². The van der Waals surface area contributed by atoms with Crippen LogP contribution in [0.2, 0.25) is 0 Å². The third-order valence-electron chi connectivity index (χ3n) is 3.91. The smallest absolute Gasteiger partial charge is 0.251 e. The zero-order chi connectivity index (χ0) is 17.7. The van der Waals surface area contributed by atoms with E-state index in [4.69, 9.17) is 14.2 Å². The van der Waals surface area contributed by atoms with Crippen LogP contribution in [0, 0.1) is 13.8 Å². The van der Waals surface area contributed by atoms with E-state index in [2.05, 4.69) is 5.32 Å². The standard InChI is InChI=1S/C19H23NO4/c1-12-7-18(24-5)13(2)6-15(12)11-20-19(21)14-8-16(22-3)10-17(9-14)23-4/h6-10H,11H2,1-5H3,(H,20,21). The lowest BCUT2D eigenvalue weighted by molar-refractivity contribution is 0.0950. The van der Waals surface area contributed by atoms with Crippen LogP contribution in [0.3, 0.4) is 0 Å². The fourth-order valence-corrected chi connectivity index (χ4v) is 2.48. The number of carbonyl (C=O) groups is 1. The molecular formula is C19H23NO4. The fraction of sp³-hybridized carbons (Fsp3) is 0.316. The molecule has 0 saturated heterocycles. The molecule has 0 unspecified atom stereocenters. The number of ether oxygens (including phenoxy) is 3. The minimum absolute atomic E-state index is 0.180. The van der Waals surface area contributed by atoms with Crippen LogP contribution in [-0.2, 0) is 6.54 Å². The van der Waals surface area contributed by atoms with Crippen molar-refractivity contribution in [1.82, 2.24) is 5.32 Å². The maximum absolute atomic E-state index is 12.4. The molecule has 1 N–H and O–H groups in total. The van der Waals surface area contributed by atoms with Crippen LogP contribution in [0.5, 0.6) is 17.2 Å². The molecule has 2 aromatic rings. The normalized spacial score (nSPS) is 10.2. The van der Waals surface area contributed by atoms with E-state index in [0.717, 1.165) is 22.4 Å². The molecule has 0 atom stereocenters. The number of hydrogen-bond acceptors (Lipinski definition) is 4. The fourth-order valence-electron chi connectivity index (χ4n) is 2.48. The number of aryl methyl sites for hydroxylation is 2. The topological polar surface area (TPSA) is 56.8 Å². The van der Waals surface area contributed by atoms with Gasteiger partial charge in [0.2, 0.25) is 0 Å². The van der Waals surface area contributed by atoms with Gasteiger partial charge in [0.25, 0.3) is 5.91 Å². The SMILES string of the molecule is COc1cc(OC)cc(C(=O)NCc2cc(C)c(OC)cc2C)c1. The molecule has 0 radical (unpaired) electrons. The largest absolute Gasteiger partial charge is 0.497 e. The summed E-state index contributed by atoms with van der Waals surface area (Å²) >= 11 is 0. The average Bonchev–Trinajstić information content (AvgIpc) is 2.61. The lowest BCUT2D eigenvalue weighted by atomic mass is 10.0. The van der Waals surface area contributed by atoms with E-state index in [-0.39, 0.29) is 5.91 Å². The Labute approximate surface area is 142 Å². The maximum Gasteiger partial charge on any atom is 0.251 e. The second kappa shape index (κ2) is 7.73. The highest BCUT2D eigenvalue weighted by molar-refractivity contribution is 5.95. The van der Waals surface area contributed by atoms with Gasteiger partial charge in [0.15, 0.2) is 0 Å². The van der Waals surface area contributed by atoms with Crippen LogP contribution in [-0.4, -0.2) is 27.2 Å². The highest BCUT2D eigenvalue weighted by Crippen LogP contribution is 2.24. The molecule has 2 rings (SSSR count). The Morgan fingerprint density at radius 2 is 1.50 bits per heavy atom. The first kappa shape index (κ1) is 17.7. The number of benzene rings is 2. The molecule has 0 spiro atoms. The molecular weight excluding hydrogens is 306 g/mol. The molecule has 2 aromatic carbocycles. The molecule has 0 aliphatic rings. The van der Waals surface area contributed by atoms with Gasteiger partial charge in [-0.1, -0.05) is 6.07 Å². The molecule has 5 nitrogen and oxygen atoms in total. The summed E-state index contributed by atoms with van der Waals surface area (Å²) in [5.41, 5.74) is 3.65. The van der Waals surface area contributed by atoms with Gasteiger partial charge in [-0.3, -0.25) is 4.79 Å². The van der Waals surface area contributed by atoms with Gasteiger partial charge < -0.3 is 19.5 Å². The molecule has 0 fully saturated rings. The van der Waals surface area contributed by atoms with Crippen molar-refractivity contribution in [3.63, 3.8) is 0 Å². The predicted molar refractivity (Wildman–Crippen MR) is 93.2 cm³/mol. The van der Waals surface area contributed by atoms with Gasteiger partial charge in [-0.05, 0) is 48.7 Å². The molecule has 0 aliphatic heterocycles. The summed E-state index contributed by atoms with van der Waals surface area (Å²) in [4.78, 5) is 12.4. The van der Waals surface area contributed by atoms with Crippen molar-refractivity contribution in [2.24, 2.45) is 0 Å². The molecule has 0 heterocycles. The lowest BCUT2D eigenvalue weighted by Gasteiger charge is -2.13. The second-order valence-corrected chi connectivity index (χ2v) is 5.53. The summed E-state index contributed by atoms with van der Waals surface area (Å²) in [5, 5.41) is 2.93. The molecule has 0 aliphatic carbocycles. The Balaban J connectivity index is 2.15. The van der Waals surface area contributed by atoms with Crippen molar-refractivity contribution >= 4 is 5.91 Å². The van der Waals surface area contributed by atoms with Gasteiger partial charge in [0, 0.05) is 18.2 Å². The van der Waals surface area contributed by atoms with Crippen LogP contribution < -0.4 is 19.5 Å². The van der Waals surface area contributed by atoms with Crippen molar-refractivity contribution in [3.8, 4) is 17.2 Å². The van der Waals surface area contributed by atoms with E-state index in [9.17, 15) is 4.79 Å². The van der Waals surface area contributed by atoms with Crippen molar-refractivity contribution < 1.29 is 19.0 Å². The Morgan fingerprint density at radius 3 is 2.04 bits per heavy atom. The number of nitrogens with one attached hydrogen (secondary N) is 1. The number of carbonyl (C=O) groups excluding carboxylic acids is 1. The summed E-state index contributed by atoms with van der Waals surface area (Å²) in [6, 6.07) is 9.10. The van der Waals surface area contributed by atoms with Crippen LogP contribution in [0.15, 0.2) is 30.3 Å². The molecule has 0 bridgehead atoms. The molecule has 128 valence electrons. The molecule has 0 aromatic heterocycles. The van der Waals surface area contributed by atoms with Gasteiger partial charge >= 0.3 is 0 Å². The summed E-state index contributed by atoms with van der Waals surface area (Å²) in [7, 11) is 4.76. The van der Waals surface area contributed by atoms with Gasteiger partial charge in [-0.25, -0.2) is 0 Å². The second-order valence-electron chi connectivity index (χ2n) is 5.53. The Hall–Kier alpha value is -2.69. The van der Waals surface area contributed by atoms with E-state index >= 15 is 0 Å². The van der Waals surface area contributed by atoms with Crippen LogP contribution in [0.4, 0.5) is 0 Å². The summed E-state index contributed by atoms with van der Waals surface area (Å²) < 4.78 is 15.7. The average molecular weight is 329 g/mol. The lowest BCUT2D eigenvalue weighted by Crippen LogP contribution is -2.23. The number of hydrogen-bond donors (Lipinski definition) is 1. The van der Waals surface area contributed by atoms with Gasteiger partial charge in [0.1, 0.15) is 17.2 Å². The van der Waals surface area contributed by atoms with Crippen molar-refractivity contribution in [3.05, 3.63) is 52.6 Å². The Bertz CT molecular complexity index is 718. The zero-order valence-corrected chi connectivity index (χ0v) is 14.7. The number of rotatable bonds is 6. The van der Waals surface area contributed by atoms with Crippen molar-refractivity contribution in [2.75, 3.05) is 21.3 Å². The molecule has 0 saturated carbocycles. The van der Waals surface area contributed by atoms with Gasteiger partial charge in [-0.15, -0.1) is 0 Å². The van der Waals surface area contributed by atoms with E-state index in [1.807, 2.05) is 26.0 Å². The minimum Gasteiger partial charge on any atom is -0.497 e. The van der Waals surface area contributed by atoms with E-state index in [1.54, 1.807) is 39.5 Å². The first-order valence-electron chi connectivity index (χ1n) is 7.64. The van der Waals surface area contributed by atoms with Crippen LogP contribution in [0.25, 0.3) is 0 Å². The molecule has 1 amide bonds. The quantitative estimate of drug-likeness (QED) is 0.884. The Kier molecular flexibility index (Phi) is 5.68. The van der Waals surface area contributed by atoms with Crippen LogP contribution in [0.1, 0.15) is 27.0 Å². The predicted octanol–water partition coefficient (Wildman–Crippen LogP) is 3.26. The Morgan fingerprint density at radius 1 is 0.875 bits per heavy atom. The van der Waals surface area contributed by atoms with E-state index in [0.29, 0.717) is 23.6 Å². The highest BCUT2D eigenvalue weighted by atomic mass is 16.5. The molecule has 24 heavy (non-hydrogen) atoms. The monoisotopic (exact) mass is 329 g/mol. The zero-order valence-electron chi connectivity index (χ0n) is 14.7. The van der Waals surface area contributed by atoms with Crippen LogP contribution >= 0.6 is 0 Å². The minimum atomic E-state index is -0.180. The number of methoxy groups -OCH3 is 3. The molecule has 5 heteroatoms. The number of amides is 1. The van der Waals surface area contributed by atoms with E-state index in [1.165, 1.54) is 0 Å². The summed E-state index contributed by atoms with van der Waals surface area (Å²) in [6.45, 7) is 4.42. The van der Waals surface area contributed by atoms with Gasteiger partial charge in [0.05, 0.1) is 21.3 Å². The highest BCUT2D eigenvalue weighted by Gasteiger charge is 2.11. The van der Waals surface area contributed by atoms with Gasteiger partial charge in [-0.2, -0.15) is 0 Å². The maximum atomic E-state index is 12.4. The first-order valence-corrected chi connectivity index (χ1v) is 7.64. The third-order valence-corrected chi connectivity index (χ3v) is 3.91. The van der Waals surface area contributed by atoms with E-state index < -0.39 is 0 Å².